The molecule has 0 bridgehead atoms. The maximum atomic E-state index is 12.5. The molecule has 0 spiro atoms. The van der Waals surface area contributed by atoms with Gasteiger partial charge in [-0.3, -0.25) is 14.5 Å². The quantitative estimate of drug-likeness (QED) is 0.473. The molecule has 2 heterocycles. The predicted octanol–water partition coefficient (Wildman–Crippen LogP) is 3.63. The number of Topliss-reactive ketones (excluding diaryl/α,β-unsaturated/α-hetero) is 1. The van der Waals surface area contributed by atoms with Crippen LogP contribution in [0.5, 0.6) is 5.75 Å². The number of nitrogens with zero attached hydrogens (tertiary/aromatic N) is 1. The van der Waals surface area contributed by atoms with Crippen molar-refractivity contribution in [1.82, 2.24) is 0 Å². The SMILES string of the molecule is CC1=CC(C)(C)N2C(=O)C(=O)c3cc(OC(=O)c4ccccc4)cc1c32. The predicted molar refractivity (Wildman–Crippen MR) is 97.4 cm³/mol. The van der Waals surface area contributed by atoms with Gasteiger partial charge in [-0.25, -0.2) is 4.79 Å². The molecule has 0 aliphatic carbocycles. The molecule has 4 rings (SSSR count). The maximum absolute atomic E-state index is 12.5. The lowest BCUT2D eigenvalue weighted by Gasteiger charge is -2.38. The Hall–Kier alpha value is -3.21. The Bertz CT molecular complexity index is 1000. The number of carbonyl (C=O) groups excluding carboxylic acids is 3. The fourth-order valence-electron chi connectivity index (χ4n) is 3.66. The molecule has 0 N–H and O–H groups in total. The number of ketones is 1. The smallest absolute Gasteiger partial charge is 0.343 e. The summed E-state index contributed by atoms with van der Waals surface area (Å²) in [4.78, 5) is 38.8. The van der Waals surface area contributed by atoms with Crippen LogP contribution in [0.1, 0.15) is 47.1 Å². The number of hydrogen-bond acceptors (Lipinski definition) is 4. The van der Waals surface area contributed by atoms with Crippen LogP contribution in [-0.2, 0) is 4.79 Å². The monoisotopic (exact) mass is 347 g/mol. The van der Waals surface area contributed by atoms with Crippen LogP contribution in [0.4, 0.5) is 5.69 Å². The molecule has 0 aromatic heterocycles. The summed E-state index contributed by atoms with van der Waals surface area (Å²) >= 11 is 0. The molecule has 5 heteroatoms. The van der Waals surface area contributed by atoms with Crippen LogP contribution in [0, 0.1) is 0 Å². The molecule has 1 amide bonds. The van der Waals surface area contributed by atoms with Gasteiger partial charge >= 0.3 is 5.97 Å². The molecule has 0 radical (unpaired) electrons. The lowest BCUT2D eigenvalue weighted by Crippen LogP contribution is -2.47. The van der Waals surface area contributed by atoms with Gasteiger partial charge in [0.05, 0.1) is 22.4 Å². The number of hydrogen-bond donors (Lipinski definition) is 0. The van der Waals surface area contributed by atoms with Gasteiger partial charge in [0.1, 0.15) is 5.75 Å². The number of carbonyl (C=O) groups is 3. The van der Waals surface area contributed by atoms with Crippen molar-refractivity contribution in [2.75, 3.05) is 4.90 Å². The zero-order valence-electron chi connectivity index (χ0n) is 14.7. The van der Waals surface area contributed by atoms with E-state index in [9.17, 15) is 14.4 Å². The van der Waals surface area contributed by atoms with E-state index in [0.29, 0.717) is 11.3 Å². The minimum Gasteiger partial charge on any atom is -0.423 e. The van der Waals surface area contributed by atoms with Gasteiger partial charge < -0.3 is 4.74 Å². The van der Waals surface area contributed by atoms with Crippen molar-refractivity contribution in [3.63, 3.8) is 0 Å². The first kappa shape index (κ1) is 16.3. The summed E-state index contributed by atoms with van der Waals surface area (Å²) in [7, 11) is 0. The van der Waals surface area contributed by atoms with Crippen molar-refractivity contribution < 1.29 is 19.1 Å². The summed E-state index contributed by atoms with van der Waals surface area (Å²) in [6, 6.07) is 11.8. The van der Waals surface area contributed by atoms with E-state index in [2.05, 4.69) is 0 Å². The van der Waals surface area contributed by atoms with Crippen molar-refractivity contribution >= 4 is 28.9 Å². The molecule has 2 aromatic carbocycles. The molecule has 130 valence electrons. The standard InChI is InChI=1S/C21H17NO4/c1-12-11-21(2,3)22-17-15(12)9-14(10-16(17)18(23)19(22)24)26-20(25)13-7-5-4-6-8-13/h4-11H,1-3H3. The van der Waals surface area contributed by atoms with Crippen LogP contribution in [0.2, 0.25) is 0 Å². The summed E-state index contributed by atoms with van der Waals surface area (Å²) in [6.07, 6.45) is 1.94. The van der Waals surface area contributed by atoms with Crippen molar-refractivity contribution in [3.8, 4) is 5.75 Å². The number of rotatable bonds is 2. The van der Waals surface area contributed by atoms with E-state index < -0.39 is 23.2 Å². The third kappa shape index (κ3) is 2.28. The molecular formula is C21H17NO4. The average Bonchev–Trinajstić information content (AvgIpc) is 2.86. The van der Waals surface area contributed by atoms with Gasteiger partial charge in [-0.05, 0) is 50.6 Å². The Morgan fingerprint density at radius 1 is 1.04 bits per heavy atom. The van der Waals surface area contributed by atoms with Gasteiger partial charge in [0.25, 0.3) is 11.7 Å². The highest BCUT2D eigenvalue weighted by atomic mass is 16.5. The third-order valence-corrected chi connectivity index (χ3v) is 4.74. The molecule has 2 aliphatic rings. The molecule has 2 aliphatic heterocycles. The Morgan fingerprint density at radius 3 is 2.38 bits per heavy atom. The molecule has 0 saturated carbocycles. The lowest BCUT2D eigenvalue weighted by molar-refractivity contribution is -0.115. The highest BCUT2D eigenvalue weighted by molar-refractivity contribution is 6.53. The van der Waals surface area contributed by atoms with Gasteiger partial charge in [0.15, 0.2) is 0 Å². The van der Waals surface area contributed by atoms with Gasteiger partial charge in [0.2, 0.25) is 0 Å². The summed E-state index contributed by atoms with van der Waals surface area (Å²) in [5, 5.41) is 0. The minimum atomic E-state index is -0.586. The van der Waals surface area contributed by atoms with E-state index in [1.54, 1.807) is 30.3 Å². The summed E-state index contributed by atoms with van der Waals surface area (Å²) in [5.74, 6) is -1.39. The lowest BCUT2D eigenvalue weighted by atomic mass is 9.89. The molecular weight excluding hydrogens is 330 g/mol. The Kier molecular flexibility index (Phi) is 3.37. The number of benzene rings is 2. The normalized spacial score (nSPS) is 17.0. The van der Waals surface area contributed by atoms with E-state index in [4.69, 9.17) is 4.74 Å². The zero-order valence-corrected chi connectivity index (χ0v) is 14.7. The van der Waals surface area contributed by atoms with Crippen LogP contribution in [-0.4, -0.2) is 23.2 Å². The van der Waals surface area contributed by atoms with Crippen LogP contribution in [0.15, 0.2) is 48.5 Å². The third-order valence-electron chi connectivity index (χ3n) is 4.74. The highest BCUT2D eigenvalue weighted by Gasteiger charge is 2.46. The van der Waals surface area contributed by atoms with Crippen LogP contribution in [0.25, 0.3) is 5.57 Å². The fourth-order valence-corrected chi connectivity index (χ4v) is 3.66. The van der Waals surface area contributed by atoms with E-state index in [-0.39, 0.29) is 11.3 Å². The Balaban J connectivity index is 1.81. The number of amides is 1. The topological polar surface area (TPSA) is 63.7 Å². The first-order chi connectivity index (χ1) is 12.3. The molecule has 2 aromatic rings. The Labute approximate surface area is 150 Å². The largest absolute Gasteiger partial charge is 0.423 e. The minimum absolute atomic E-state index is 0.253. The van der Waals surface area contributed by atoms with E-state index in [1.807, 2.05) is 32.9 Å². The van der Waals surface area contributed by atoms with E-state index in [1.165, 1.54) is 11.0 Å². The van der Waals surface area contributed by atoms with Crippen LogP contribution >= 0.6 is 0 Å². The second kappa shape index (κ2) is 5.39. The average molecular weight is 347 g/mol. The number of ether oxygens (including phenoxy) is 1. The van der Waals surface area contributed by atoms with Gasteiger partial charge in [-0.2, -0.15) is 0 Å². The van der Waals surface area contributed by atoms with Crippen molar-refractivity contribution in [3.05, 3.63) is 65.2 Å². The van der Waals surface area contributed by atoms with Crippen molar-refractivity contribution in [2.45, 2.75) is 26.3 Å². The van der Waals surface area contributed by atoms with Crippen LogP contribution in [0.3, 0.4) is 0 Å². The van der Waals surface area contributed by atoms with E-state index >= 15 is 0 Å². The summed E-state index contributed by atoms with van der Waals surface area (Å²) in [6.45, 7) is 5.71. The zero-order chi connectivity index (χ0) is 18.6. The number of anilines is 1. The van der Waals surface area contributed by atoms with Gasteiger partial charge in [0, 0.05) is 5.56 Å². The van der Waals surface area contributed by atoms with Crippen molar-refractivity contribution in [1.29, 1.82) is 0 Å². The number of allylic oxidation sites excluding steroid dienone is 1. The molecule has 0 saturated heterocycles. The fraction of sp³-hybridized carbons (Fsp3) is 0.190. The molecule has 26 heavy (non-hydrogen) atoms. The van der Waals surface area contributed by atoms with E-state index in [0.717, 1.165) is 11.1 Å². The molecule has 0 atom stereocenters. The second-order valence-corrected chi connectivity index (χ2v) is 7.07. The molecule has 0 unspecified atom stereocenters. The van der Waals surface area contributed by atoms with Crippen LogP contribution < -0.4 is 9.64 Å². The van der Waals surface area contributed by atoms with Gasteiger partial charge in [-0.1, -0.05) is 24.3 Å². The van der Waals surface area contributed by atoms with Crippen molar-refractivity contribution in [2.24, 2.45) is 0 Å². The summed E-state index contributed by atoms with van der Waals surface area (Å²) < 4.78 is 5.46. The second-order valence-electron chi connectivity index (χ2n) is 7.07. The Morgan fingerprint density at radius 2 is 1.69 bits per heavy atom. The molecule has 5 nitrogen and oxygen atoms in total. The number of esters is 1. The van der Waals surface area contributed by atoms with Gasteiger partial charge in [-0.15, -0.1) is 0 Å². The summed E-state index contributed by atoms with van der Waals surface area (Å²) in [5.41, 5.74) is 2.38. The molecule has 0 fully saturated rings. The first-order valence-electron chi connectivity index (χ1n) is 8.33. The highest BCUT2D eigenvalue weighted by Crippen LogP contribution is 2.46. The maximum Gasteiger partial charge on any atom is 0.343 e. The first-order valence-corrected chi connectivity index (χ1v) is 8.33.